The molecule has 16 heavy (non-hydrogen) atoms. The van der Waals surface area contributed by atoms with Gasteiger partial charge in [0.25, 0.3) is 0 Å². The van der Waals surface area contributed by atoms with Crippen LogP contribution >= 0.6 is 0 Å². The number of nitrogens with two attached hydrogens (primary N) is 1. The smallest absolute Gasteiger partial charge is 0.122 e. The summed E-state index contributed by atoms with van der Waals surface area (Å²) >= 11 is 0. The van der Waals surface area contributed by atoms with E-state index in [1.807, 2.05) is 26.0 Å². The van der Waals surface area contributed by atoms with Crippen molar-refractivity contribution in [2.75, 3.05) is 13.2 Å². The van der Waals surface area contributed by atoms with Gasteiger partial charge < -0.3 is 15.6 Å². The van der Waals surface area contributed by atoms with Crippen molar-refractivity contribution in [3.8, 4) is 5.75 Å². The van der Waals surface area contributed by atoms with E-state index in [-0.39, 0.29) is 6.10 Å². The van der Waals surface area contributed by atoms with Crippen molar-refractivity contribution >= 4 is 0 Å². The SMILES string of the molecule is Cc1ccc(C)c(OCCC(O)CCN)c1. The molecule has 0 radical (unpaired) electrons. The Morgan fingerprint density at radius 2 is 2.06 bits per heavy atom. The first-order valence-electron chi connectivity index (χ1n) is 5.71. The van der Waals surface area contributed by atoms with E-state index in [9.17, 15) is 5.11 Å². The van der Waals surface area contributed by atoms with Crippen molar-refractivity contribution in [3.05, 3.63) is 29.3 Å². The summed E-state index contributed by atoms with van der Waals surface area (Å²) in [4.78, 5) is 0. The zero-order chi connectivity index (χ0) is 12.0. The Morgan fingerprint density at radius 1 is 1.31 bits per heavy atom. The lowest BCUT2D eigenvalue weighted by Gasteiger charge is -2.12. The highest BCUT2D eigenvalue weighted by molar-refractivity contribution is 5.35. The first kappa shape index (κ1) is 13.0. The van der Waals surface area contributed by atoms with E-state index >= 15 is 0 Å². The van der Waals surface area contributed by atoms with E-state index < -0.39 is 0 Å². The summed E-state index contributed by atoms with van der Waals surface area (Å²) in [6, 6.07) is 6.12. The van der Waals surface area contributed by atoms with Crippen LogP contribution in [0.4, 0.5) is 0 Å². The molecule has 0 aromatic heterocycles. The molecular formula is C13H21NO2. The number of rotatable bonds is 6. The lowest BCUT2D eigenvalue weighted by atomic mass is 10.1. The van der Waals surface area contributed by atoms with Crippen molar-refractivity contribution in [3.63, 3.8) is 0 Å². The van der Waals surface area contributed by atoms with Crippen LogP contribution in [0.1, 0.15) is 24.0 Å². The van der Waals surface area contributed by atoms with Crippen molar-refractivity contribution in [1.29, 1.82) is 0 Å². The van der Waals surface area contributed by atoms with Crippen molar-refractivity contribution in [1.82, 2.24) is 0 Å². The third-order valence-corrected chi connectivity index (χ3v) is 2.55. The molecule has 0 bridgehead atoms. The summed E-state index contributed by atoms with van der Waals surface area (Å²) in [5.41, 5.74) is 7.66. The summed E-state index contributed by atoms with van der Waals surface area (Å²) < 4.78 is 5.63. The second-order valence-electron chi connectivity index (χ2n) is 4.14. The summed E-state index contributed by atoms with van der Waals surface area (Å²) in [7, 11) is 0. The van der Waals surface area contributed by atoms with Crippen LogP contribution in [-0.4, -0.2) is 24.4 Å². The Morgan fingerprint density at radius 3 is 2.75 bits per heavy atom. The van der Waals surface area contributed by atoms with Crippen LogP contribution in [0.25, 0.3) is 0 Å². The highest BCUT2D eigenvalue weighted by Crippen LogP contribution is 2.19. The molecule has 0 saturated carbocycles. The van der Waals surface area contributed by atoms with Crippen molar-refractivity contribution in [2.45, 2.75) is 32.8 Å². The molecule has 3 N–H and O–H groups in total. The van der Waals surface area contributed by atoms with Crippen LogP contribution in [-0.2, 0) is 0 Å². The Kier molecular flexibility index (Phi) is 5.29. The standard InChI is InChI=1S/C13H21NO2/c1-10-3-4-11(2)13(9-10)16-8-6-12(15)5-7-14/h3-4,9,12,15H,5-8,14H2,1-2H3. The Hall–Kier alpha value is -1.06. The number of hydrogen-bond acceptors (Lipinski definition) is 3. The van der Waals surface area contributed by atoms with E-state index in [2.05, 4.69) is 6.07 Å². The fraction of sp³-hybridized carbons (Fsp3) is 0.538. The maximum atomic E-state index is 9.49. The fourth-order valence-corrected chi connectivity index (χ4v) is 1.50. The van der Waals surface area contributed by atoms with Gasteiger partial charge in [0.1, 0.15) is 5.75 Å². The van der Waals surface area contributed by atoms with Gasteiger partial charge in [-0.25, -0.2) is 0 Å². The van der Waals surface area contributed by atoms with Crippen LogP contribution in [0.3, 0.4) is 0 Å². The quantitative estimate of drug-likeness (QED) is 0.773. The van der Waals surface area contributed by atoms with E-state index in [1.54, 1.807) is 0 Å². The molecule has 1 atom stereocenters. The molecule has 3 heteroatoms. The number of benzene rings is 1. The molecule has 0 fully saturated rings. The highest BCUT2D eigenvalue weighted by Gasteiger charge is 2.04. The van der Waals surface area contributed by atoms with E-state index in [0.717, 1.165) is 11.3 Å². The van der Waals surface area contributed by atoms with Gasteiger partial charge in [-0.1, -0.05) is 12.1 Å². The third kappa shape index (κ3) is 4.21. The normalized spacial score (nSPS) is 12.5. The monoisotopic (exact) mass is 223 g/mol. The molecule has 0 aliphatic rings. The molecule has 0 aliphatic heterocycles. The minimum absolute atomic E-state index is 0.352. The first-order chi connectivity index (χ1) is 7.63. The molecule has 3 nitrogen and oxygen atoms in total. The van der Waals surface area contributed by atoms with Crippen LogP contribution in [0.2, 0.25) is 0 Å². The minimum atomic E-state index is -0.352. The molecule has 0 spiro atoms. The largest absolute Gasteiger partial charge is 0.493 e. The van der Waals surface area contributed by atoms with Crippen LogP contribution in [0.5, 0.6) is 5.75 Å². The number of aliphatic hydroxyl groups excluding tert-OH is 1. The van der Waals surface area contributed by atoms with Gasteiger partial charge in [-0.15, -0.1) is 0 Å². The van der Waals surface area contributed by atoms with E-state index in [4.69, 9.17) is 10.5 Å². The zero-order valence-electron chi connectivity index (χ0n) is 10.1. The van der Waals surface area contributed by atoms with E-state index in [1.165, 1.54) is 5.56 Å². The van der Waals surface area contributed by atoms with Gasteiger partial charge in [-0.3, -0.25) is 0 Å². The van der Waals surface area contributed by atoms with Crippen molar-refractivity contribution in [2.24, 2.45) is 5.73 Å². The van der Waals surface area contributed by atoms with Crippen molar-refractivity contribution < 1.29 is 9.84 Å². The molecule has 1 unspecified atom stereocenters. The predicted octanol–water partition coefficient (Wildman–Crippen LogP) is 1.78. The summed E-state index contributed by atoms with van der Waals surface area (Å²) in [6.45, 7) is 5.11. The molecule has 1 aromatic rings. The average molecular weight is 223 g/mol. The van der Waals surface area contributed by atoms with Gasteiger partial charge in [-0.05, 0) is 44.0 Å². The first-order valence-corrected chi connectivity index (χ1v) is 5.71. The van der Waals surface area contributed by atoms with Crippen LogP contribution < -0.4 is 10.5 Å². The topological polar surface area (TPSA) is 55.5 Å². The Labute approximate surface area is 97.2 Å². The summed E-state index contributed by atoms with van der Waals surface area (Å²) in [6.07, 6.45) is 0.913. The molecule has 1 aromatic carbocycles. The molecule has 0 saturated heterocycles. The minimum Gasteiger partial charge on any atom is -0.493 e. The van der Waals surface area contributed by atoms with Gasteiger partial charge >= 0.3 is 0 Å². The predicted molar refractivity (Wildman–Crippen MR) is 65.7 cm³/mol. The molecular weight excluding hydrogens is 202 g/mol. The molecule has 1 rings (SSSR count). The van der Waals surface area contributed by atoms with Crippen LogP contribution in [0, 0.1) is 13.8 Å². The maximum Gasteiger partial charge on any atom is 0.122 e. The average Bonchev–Trinajstić information content (AvgIpc) is 2.23. The molecule has 0 heterocycles. The Balaban J connectivity index is 2.39. The fourth-order valence-electron chi connectivity index (χ4n) is 1.50. The van der Waals surface area contributed by atoms with Gasteiger partial charge in [-0.2, -0.15) is 0 Å². The number of aryl methyl sites for hydroxylation is 2. The van der Waals surface area contributed by atoms with Gasteiger partial charge in [0.2, 0.25) is 0 Å². The van der Waals surface area contributed by atoms with Gasteiger partial charge in [0.05, 0.1) is 12.7 Å². The third-order valence-electron chi connectivity index (χ3n) is 2.55. The zero-order valence-corrected chi connectivity index (χ0v) is 10.1. The van der Waals surface area contributed by atoms with Gasteiger partial charge in [0, 0.05) is 6.42 Å². The summed E-state index contributed by atoms with van der Waals surface area (Å²) in [5.74, 6) is 0.903. The Bertz CT molecular complexity index is 326. The number of hydrogen-bond donors (Lipinski definition) is 2. The second kappa shape index (κ2) is 6.51. The molecule has 0 aliphatic carbocycles. The molecule has 90 valence electrons. The second-order valence-corrected chi connectivity index (χ2v) is 4.14. The highest BCUT2D eigenvalue weighted by atomic mass is 16.5. The lowest BCUT2D eigenvalue weighted by Crippen LogP contribution is -2.16. The van der Waals surface area contributed by atoms with Crippen LogP contribution in [0.15, 0.2) is 18.2 Å². The maximum absolute atomic E-state index is 9.49. The number of aliphatic hydroxyl groups is 1. The molecule has 0 amide bonds. The lowest BCUT2D eigenvalue weighted by molar-refractivity contribution is 0.133. The van der Waals surface area contributed by atoms with E-state index in [0.29, 0.717) is 26.0 Å². The summed E-state index contributed by atoms with van der Waals surface area (Å²) in [5, 5.41) is 9.49. The number of ether oxygens (including phenoxy) is 1. The van der Waals surface area contributed by atoms with Gasteiger partial charge in [0.15, 0.2) is 0 Å².